The van der Waals surface area contributed by atoms with Crippen LogP contribution in [-0.2, 0) is 4.74 Å². The molecule has 0 aliphatic rings. The number of hydrogen-bond donors (Lipinski definition) is 0. The van der Waals surface area contributed by atoms with Crippen LogP contribution < -0.4 is 4.74 Å². The lowest BCUT2D eigenvalue weighted by Gasteiger charge is -2.11. The summed E-state index contributed by atoms with van der Waals surface area (Å²) in [4.78, 5) is 12.6. The van der Waals surface area contributed by atoms with Crippen LogP contribution >= 0.6 is 15.9 Å². The van der Waals surface area contributed by atoms with E-state index in [1.54, 1.807) is 31.4 Å². The first kappa shape index (κ1) is 15.7. The Morgan fingerprint density at radius 2 is 1.90 bits per heavy atom. The molecular weight excluding hydrogens is 339 g/mol. The normalized spacial score (nSPS) is 10.4. The van der Waals surface area contributed by atoms with Crippen LogP contribution in [0, 0.1) is 5.82 Å². The molecule has 0 N–H and O–H groups in total. The number of rotatable bonds is 6. The van der Waals surface area contributed by atoms with E-state index in [9.17, 15) is 9.18 Å². The van der Waals surface area contributed by atoms with Gasteiger partial charge in [0.05, 0.1) is 12.2 Å². The summed E-state index contributed by atoms with van der Waals surface area (Å²) in [6.45, 7) is 0.761. The summed E-state index contributed by atoms with van der Waals surface area (Å²) in [5.74, 6) is -0.301. The molecule has 0 bridgehead atoms. The number of methoxy groups -OCH3 is 1. The van der Waals surface area contributed by atoms with E-state index in [-0.39, 0.29) is 11.3 Å². The minimum Gasteiger partial charge on any atom is -0.490 e. The number of carbonyl (C=O) groups is 1. The molecule has 110 valence electrons. The van der Waals surface area contributed by atoms with E-state index in [0.717, 1.165) is 0 Å². The van der Waals surface area contributed by atoms with Crippen LogP contribution in [0.2, 0.25) is 0 Å². The van der Waals surface area contributed by atoms with E-state index >= 15 is 0 Å². The molecule has 0 radical (unpaired) electrons. The van der Waals surface area contributed by atoms with Crippen molar-refractivity contribution in [3.63, 3.8) is 0 Å². The number of ketones is 1. The van der Waals surface area contributed by atoms with Crippen molar-refractivity contribution in [1.29, 1.82) is 0 Å². The smallest absolute Gasteiger partial charge is 0.197 e. The number of ether oxygens (including phenoxy) is 2. The lowest BCUT2D eigenvalue weighted by molar-refractivity contribution is 0.102. The van der Waals surface area contributed by atoms with Gasteiger partial charge in [-0.1, -0.05) is 28.1 Å². The molecule has 0 fully saturated rings. The molecule has 0 spiro atoms. The van der Waals surface area contributed by atoms with Crippen LogP contribution in [0.5, 0.6) is 5.75 Å². The maximum atomic E-state index is 13.4. The first-order chi connectivity index (χ1) is 10.1. The number of para-hydroxylation sites is 1. The van der Waals surface area contributed by atoms with Gasteiger partial charge in [0, 0.05) is 17.1 Å². The predicted molar refractivity (Wildman–Crippen MR) is 81.3 cm³/mol. The predicted octanol–water partition coefficient (Wildman–Crippen LogP) is 3.84. The fourth-order valence-electron chi connectivity index (χ4n) is 1.83. The van der Waals surface area contributed by atoms with Crippen LogP contribution in [0.3, 0.4) is 0 Å². The number of hydrogen-bond acceptors (Lipinski definition) is 3. The average Bonchev–Trinajstić information content (AvgIpc) is 2.50. The van der Waals surface area contributed by atoms with Gasteiger partial charge in [0.25, 0.3) is 0 Å². The van der Waals surface area contributed by atoms with Gasteiger partial charge in [-0.25, -0.2) is 4.39 Å². The Balaban J connectivity index is 2.32. The standard InChI is InChI=1S/C16H14BrFO3/c1-20-8-9-21-15-5-3-2-4-12(15)16(19)13-10-11(18)6-7-14(13)17/h2-7,10H,8-9H2,1H3. The van der Waals surface area contributed by atoms with E-state index in [2.05, 4.69) is 15.9 Å². The largest absolute Gasteiger partial charge is 0.490 e. The summed E-state index contributed by atoms with van der Waals surface area (Å²) in [6.07, 6.45) is 0. The van der Waals surface area contributed by atoms with Crippen molar-refractivity contribution in [3.8, 4) is 5.75 Å². The second kappa shape index (κ2) is 7.33. The molecule has 2 aromatic carbocycles. The number of halogens is 2. The summed E-state index contributed by atoms with van der Waals surface area (Å²) >= 11 is 3.27. The highest BCUT2D eigenvalue weighted by Crippen LogP contribution is 2.26. The summed E-state index contributed by atoms with van der Waals surface area (Å²) in [7, 11) is 1.57. The summed E-state index contributed by atoms with van der Waals surface area (Å²) < 4.78 is 24.3. The Hall–Kier alpha value is -1.72. The van der Waals surface area contributed by atoms with Crippen LogP contribution in [-0.4, -0.2) is 26.1 Å². The van der Waals surface area contributed by atoms with Crippen LogP contribution in [0.4, 0.5) is 4.39 Å². The van der Waals surface area contributed by atoms with Gasteiger partial charge >= 0.3 is 0 Å². The zero-order valence-corrected chi connectivity index (χ0v) is 13.0. The van der Waals surface area contributed by atoms with Crippen LogP contribution in [0.15, 0.2) is 46.9 Å². The van der Waals surface area contributed by atoms with Gasteiger partial charge in [0.1, 0.15) is 18.2 Å². The van der Waals surface area contributed by atoms with Gasteiger partial charge in [0.15, 0.2) is 5.78 Å². The van der Waals surface area contributed by atoms with Crippen molar-refractivity contribution in [2.75, 3.05) is 20.3 Å². The first-order valence-electron chi connectivity index (χ1n) is 6.34. The third-order valence-corrected chi connectivity index (χ3v) is 3.54. The van der Waals surface area contributed by atoms with Crippen molar-refractivity contribution < 1.29 is 18.7 Å². The van der Waals surface area contributed by atoms with Crippen LogP contribution in [0.25, 0.3) is 0 Å². The van der Waals surface area contributed by atoms with E-state index in [1.807, 2.05) is 0 Å². The molecule has 0 aliphatic heterocycles. The molecule has 5 heteroatoms. The average molecular weight is 353 g/mol. The molecule has 2 rings (SSSR count). The Morgan fingerprint density at radius 1 is 1.14 bits per heavy atom. The molecule has 0 aromatic heterocycles. The third kappa shape index (κ3) is 3.89. The zero-order chi connectivity index (χ0) is 15.2. The van der Waals surface area contributed by atoms with Crippen molar-refractivity contribution in [2.45, 2.75) is 0 Å². The van der Waals surface area contributed by atoms with Crippen molar-refractivity contribution in [1.82, 2.24) is 0 Å². The van der Waals surface area contributed by atoms with E-state index in [0.29, 0.717) is 29.0 Å². The second-order valence-corrected chi connectivity index (χ2v) is 5.15. The highest BCUT2D eigenvalue weighted by molar-refractivity contribution is 9.10. The second-order valence-electron chi connectivity index (χ2n) is 4.29. The molecule has 3 nitrogen and oxygen atoms in total. The van der Waals surface area contributed by atoms with Crippen molar-refractivity contribution >= 4 is 21.7 Å². The summed E-state index contributed by atoms with van der Waals surface area (Å²) in [6, 6.07) is 10.9. The van der Waals surface area contributed by atoms with Gasteiger partial charge in [-0.05, 0) is 30.3 Å². The fourth-order valence-corrected chi connectivity index (χ4v) is 2.26. The zero-order valence-electron chi connectivity index (χ0n) is 11.4. The first-order valence-corrected chi connectivity index (χ1v) is 7.13. The monoisotopic (exact) mass is 352 g/mol. The molecule has 2 aromatic rings. The SMILES string of the molecule is COCCOc1ccccc1C(=O)c1cc(F)ccc1Br. The molecular formula is C16H14BrFO3. The van der Waals surface area contributed by atoms with Gasteiger partial charge < -0.3 is 9.47 Å². The van der Waals surface area contributed by atoms with E-state index in [1.165, 1.54) is 18.2 Å². The molecule has 0 unspecified atom stereocenters. The summed E-state index contributed by atoms with van der Waals surface area (Å²) in [5, 5.41) is 0. The van der Waals surface area contributed by atoms with Crippen LogP contribution in [0.1, 0.15) is 15.9 Å². The molecule has 0 amide bonds. The Kier molecular flexibility index (Phi) is 5.47. The molecule has 0 saturated carbocycles. The molecule has 0 heterocycles. The lowest BCUT2D eigenvalue weighted by Crippen LogP contribution is -2.09. The highest BCUT2D eigenvalue weighted by Gasteiger charge is 2.17. The van der Waals surface area contributed by atoms with Crippen molar-refractivity contribution in [2.24, 2.45) is 0 Å². The Morgan fingerprint density at radius 3 is 2.67 bits per heavy atom. The Bertz CT molecular complexity index is 643. The number of benzene rings is 2. The fraction of sp³-hybridized carbons (Fsp3) is 0.188. The highest BCUT2D eigenvalue weighted by atomic mass is 79.9. The quantitative estimate of drug-likeness (QED) is 0.585. The van der Waals surface area contributed by atoms with Gasteiger partial charge in [0.2, 0.25) is 0 Å². The molecule has 0 aliphatic carbocycles. The maximum absolute atomic E-state index is 13.4. The van der Waals surface area contributed by atoms with Gasteiger partial charge in [-0.3, -0.25) is 4.79 Å². The van der Waals surface area contributed by atoms with E-state index in [4.69, 9.17) is 9.47 Å². The minimum atomic E-state index is -0.459. The van der Waals surface area contributed by atoms with Gasteiger partial charge in [-0.2, -0.15) is 0 Å². The van der Waals surface area contributed by atoms with Gasteiger partial charge in [-0.15, -0.1) is 0 Å². The minimum absolute atomic E-state index is 0.262. The maximum Gasteiger partial charge on any atom is 0.197 e. The topological polar surface area (TPSA) is 35.5 Å². The van der Waals surface area contributed by atoms with Crippen molar-refractivity contribution in [3.05, 3.63) is 63.9 Å². The molecule has 0 saturated heterocycles. The number of carbonyl (C=O) groups excluding carboxylic acids is 1. The molecule has 0 atom stereocenters. The lowest BCUT2D eigenvalue weighted by atomic mass is 10.0. The molecule has 21 heavy (non-hydrogen) atoms. The third-order valence-electron chi connectivity index (χ3n) is 2.85. The summed E-state index contributed by atoms with van der Waals surface area (Å²) in [5.41, 5.74) is 0.651. The Labute approximate surface area is 130 Å². The van der Waals surface area contributed by atoms with E-state index < -0.39 is 5.82 Å².